The van der Waals surface area contributed by atoms with Crippen molar-refractivity contribution in [2.24, 2.45) is 5.92 Å². The number of hydrogen-bond donors (Lipinski definition) is 3. The third-order valence-corrected chi connectivity index (χ3v) is 3.06. The Morgan fingerprint density at radius 3 is 2.72 bits per heavy atom. The maximum Gasteiger partial charge on any atom is 0.314 e. The van der Waals surface area contributed by atoms with Crippen LogP contribution in [0.5, 0.6) is 0 Å². The lowest BCUT2D eigenvalue weighted by atomic mass is 9.93. The monoisotopic (exact) mass is 258 g/mol. The highest BCUT2D eigenvalue weighted by Crippen LogP contribution is 2.22. The number of carboxylic acid groups (broad SMARTS) is 1. The lowest BCUT2D eigenvalue weighted by Gasteiger charge is -2.27. The van der Waals surface area contributed by atoms with Crippen molar-refractivity contribution < 1.29 is 19.4 Å². The maximum atomic E-state index is 11.3. The molecule has 0 saturated carbocycles. The van der Waals surface area contributed by atoms with Crippen LogP contribution in [-0.4, -0.2) is 42.9 Å². The molecule has 1 rings (SSSR count). The van der Waals surface area contributed by atoms with Crippen LogP contribution in [0.4, 0.5) is 4.79 Å². The minimum absolute atomic E-state index is 0.0507. The molecule has 0 spiro atoms. The molecule has 2 amide bonds. The van der Waals surface area contributed by atoms with Crippen molar-refractivity contribution in [2.75, 3.05) is 19.7 Å². The Labute approximate surface area is 107 Å². The first-order valence-corrected chi connectivity index (χ1v) is 6.43. The van der Waals surface area contributed by atoms with Gasteiger partial charge in [0.1, 0.15) is 0 Å². The number of amides is 2. The zero-order valence-electron chi connectivity index (χ0n) is 10.8. The fourth-order valence-corrected chi connectivity index (χ4v) is 2.09. The Hall–Kier alpha value is -1.30. The van der Waals surface area contributed by atoms with Crippen molar-refractivity contribution in [3.05, 3.63) is 0 Å². The molecule has 1 heterocycles. The van der Waals surface area contributed by atoms with Gasteiger partial charge in [-0.25, -0.2) is 4.79 Å². The second kappa shape index (κ2) is 7.92. The van der Waals surface area contributed by atoms with Crippen molar-refractivity contribution in [1.29, 1.82) is 0 Å². The SMILES string of the molecule is CC1CC(CCNC(=O)NCCC(=O)O)CCO1. The first-order valence-electron chi connectivity index (χ1n) is 6.43. The van der Waals surface area contributed by atoms with E-state index in [9.17, 15) is 9.59 Å². The molecule has 3 N–H and O–H groups in total. The van der Waals surface area contributed by atoms with Crippen molar-refractivity contribution in [3.63, 3.8) is 0 Å². The van der Waals surface area contributed by atoms with E-state index in [2.05, 4.69) is 17.6 Å². The minimum atomic E-state index is -0.911. The highest BCUT2D eigenvalue weighted by molar-refractivity contribution is 5.74. The Morgan fingerprint density at radius 2 is 2.06 bits per heavy atom. The number of urea groups is 1. The molecule has 0 aromatic heterocycles. The number of carboxylic acids is 1. The van der Waals surface area contributed by atoms with E-state index in [0.717, 1.165) is 25.9 Å². The van der Waals surface area contributed by atoms with E-state index in [1.807, 2.05) is 0 Å². The molecule has 6 heteroatoms. The molecule has 1 aliphatic rings. The fraction of sp³-hybridized carbons (Fsp3) is 0.833. The van der Waals surface area contributed by atoms with Gasteiger partial charge >= 0.3 is 12.0 Å². The zero-order chi connectivity index (χ0) is 13.4. The fourth-order valence-electron chi connectivity index (χ4n) is 2.09. The molecule has 18 heavy (non-hydrogen) atoms. The van der Waals surface area contributed by atoms with E-state index in [1.54, 1.807) is 0 Å². The van der Waals surface area contributed by atoms with E-state index < -0.39 is 5.97 Å². The van der Waals surface area contributed by atoms with Crippen LogP contribution in [0, 0.1) is 5.92 Å². The molecule has 6 nitrogen and oxygen atoms in total. The summed E-state index contributed by atoms with van der Waals surface area (Å²) in [6.07, 6.45) is 3.30. The van der Waals surface area contributed by atoms with Crippen LogP contribution in [-0.2, 0) is 9.53 Å². The van der Waals surface area contributed by atoms with E-state index in [-0.39, 0.29) is 19.0 Å². The van der Waals surface area contributed by atoms with Crippen molar-refractivity contribution in [3.8, 4) is 0 Å². The average Bonchev–Trinajstić information content (AvgIpc) is 2.28. The molecule has 2 unspecified atom stereocenters. The maximum absolute atomic E-state index is 11.3. The lowest BCUT2D eigenvalue weighted by molar-refractivity contribution is -0.136. The van der Waals surface area contributed by atoms with Crippen LogP contribution in [0.3, 0.4) is 0 Å². The second-order valence-corrected chi connectivity index (χ2v) is 4.69. The Morgan fingerprint density at radius 1 is 1.33 bits per heavy atom. The van der Waals surface area contributed by atoms with Gasteiger partial charge in [0.25, 0.3) is 0 Å². The van der Waals surface area contributed by atoms with Crippen LogP contribution < -0.4 is 10.6 Å². The highest BCUT2D eigenvalue weighted by Gasteiger charge is 2.18. The Bertz CT molecular complexity index is 283. The van der Waals surface area contributed by atoms with Gasteiger partial charge in [-0.3, -0.25) is 4.79 Å². The molecule has 1 fully saturated rings. The molecule has 1 aliphatic heterocycles. The van der Waals surface area contributed by atoms with Gasteiger partial charge in [-0.1, -0.05) is 0 Å². The van der Waals surface area contributed by atoms with E-state index in [0.29, 0.717) is 18.6 Å². The minimum Gasteiger partial charge on any atom is -0.481 e. The summed E-state index contributed by atoms with van der Waals surface area (Å²) >= 11 is 0. The number of aliphatic carboxylic acids is 1. The summed E-state index contributed by atoms with van der Waals surface area (Å²) in [6.45, 7) is 3.65. The number of hydrogen-bond acceptors (Lipinski definition) is 3. The van der Waals surface area contributed by atoms with Gasteiger partial charge < -0.3 is 20.5 Å². The van der Waals surface area contributed by atoms with Gasteiger partial charge in [-0.15, -0.1) is 0 Å². The smallest absolute Gasteiger partial charge is 0.314 e. The molecule has 0 aliphatic carbocycles. The van der Waals surface area contributed by atoms with Crippen LogP contribution >= 0.6 is 0 Å². The molecule has 1 saturated heterocycles. The molecule has 104 valence electrons. The Kier molecular flexibility index (Phi) is 6.49. The first kappa shape index (κ1) is 14.8. The molecule has 0 aromatic rings. The predicted octanol–water partition coefficient (Wildman–Crippen LogP) is 0.965. The van der Waals surface area contributed by atoms with Crippen molar-refractivity contribution in [2.45, 2.75) is 38.7 Å². The largest absolute Gasteiger partial charge is 0.481 e. The van der Waals surface area contributed by atoms with Crippen LogP contribution in [0.2, 0.25) is 0 Å². The molecule has 0 radical (unpaired) electrons. The average molecular weight is 258 g/mol. The number of rotatable bonds is 6. The molecule has 0 bridgehead atoms. The number of carbonyl (C=O) groups is 2. The number of carbonyl (C=O) groups excluding carboxylic acids is 1. The van der Waals surface area contributed by atoms with Gasteiger partial charge in [0.05, 0.1) is 12.5 Å². The van der Waals surface area contributed by atoms with Crippen LogP contribution in [0.25, 0.3) is 0 Å². The first-order chi connectivity index (χ1) is 8.58. The van der Waals surface area contributed by atoms with Crippen molar-refractivity contribution in [1.82, 2.24) is 10.6 Å². The van der Waals surface area contributed by atoms with Crippen molar-refractivity contribution >= 4 is 12.0 Å². The summed E-state index contributed by atoms with van der Waals surface area (Å²) in [5.41, 5.74) is 0. The topological polar surface area (TPSA) is 87.7 Å². The highest BCUT2D eigenvalue weighted by atomic mass is 16.5. The third-order valence-electron chi connectivity index (χ3n) is 3.06. The Balaban J connectivity index is 2.02. The summed E-state index contributed by atoms with van der Waals surface area (Å²) in [4.78, 5) is 21.5. The summed E-state index contributed by atoms with van der Waals surface area (Å²) in [5.74, 6) is -0.306. The van der Waals surface area contributed by atoms with E-state index in [4.69, 9.17) is 9.84 Å². The summed E-state index contributed by atoms with van der Waals surface area (Å²) in [5, 5.41) is 13.7. The van der Waals surface area contributed by atoms with Crippen LogP contribution in [0.1, 0.15) is 32.6 Å². The third kappa shape index (κ3) is 6.44. The molecule has 0 aromatic carbocycles. The van der Waals surface area contributed by atoms with Gasteiger partial charge in [-0.05, 0) is 32.1 Å². The lowest BCUT2D eigenvalue weighted by Crippen LogP contribution is -2.38. The summed E-state index contributed by atoms with van der Waals surface area (Å²) < 4.78 is 5.46. The number of nitrogens with one attached hydrogen (secondary N) is 2. The second-order valence-electron chi connectivity index (χ2n) is 4.69. The number of ether oxygens (including phenoxy) is 1. The molecular weight excluding hydrogens is 236 g/mol. The predicted molar refractivity (Wildman–Crippen MR) is 66.4 cm³/mol. The zero-order valence-corrected chi connectivity index (χ0v) is 10.8. The normalized spacial score (nSPS) is 23.4. The van der Waals surface area contributed by atoms with Gasteiger partial charge in [0, 0.05) is 19.7 Å². The standard InChI is InChI=1S/C12H22N2O4/c1-9-8-10(4-7-18-9)2-5-13-12(17)14-6-3-11(15)16/h9-10H,2-8H2,1H3,(H,15,16)(H2,13,14,17). The van der Waals surface area contributed by atoms with Gasteiger partial charge in [0.15, 0.2) is 0 Å². The van der Waals surface area contributed by atoms with Gasteiger partial charge in [-0.2, -0.15) is 0 Å². The van der Waals surface area contributed by atoms with E-state index in [1.165, 1.54) is 0 Å². The van der Waals surface area contributed by atoms with Crippen LogP contribution in [0.15, 0.2) is 0 Å². The molecular formula is C12H22N2O4. The quantitative estimate of drug-likeness (QED) is 0.662. The summed E-state index contributed by atoms with van der Waals surface area (Å²) in [7, 11) is 0. The van der Waals surface area contributed by atoms with E-state index >= 15 is 0 Å². The summed E-state index contributed by atoms with van der Waals surface area (Å²) in [6, 6.07) is -0.295. The van der Waals surface area contributed by atoms with Gasteiger partial charge in [0.2, 0.25) is 0 Å². The molecule has 2 atom stereocenters.